The monoisotopic (exact) mass is 436 g/mol. The van der Waals surface area contributed by atoms with Crippen molar-refractivity contribution in [2.45, 2.75) is 37.8 Å². The molecule has 3 fully saturated rings. The summed E-state index contributed by atoms with van der Waals surface area (Å²) in [6.45, 7) is 2.90. The van der Waals surface area contributed by atoms with Crippen molar-refractivity contribution >= 4 is 33.3 Å². The molecule has 2 N–H and O–H groups in total. The molecule has 2 aliphatic carbocycles. The van der Waals surface area contributed by atoms with Crippen molar-refractivity contribution in [3.63, 3.8) is 0 Å². The SMILES string of the molecule is O=C(N[C@H]1C[C@H]2CN(c3nccs3)C[C@H]2C[C@@H]1OCC1CC1)c1c[nH]c2ccccc12. The van der Waals surface area contributed by atoms with Gasteiger partial charge in [-0.15, -0.1) is 11.3 Å². The van der Waals surface area contributed by atoms with Gasteiger partial charge >= 0.3 is 0 Å². The van der Waals surface area contributed by atoms with Crippen molar-refractivity contribution in [3.8, 4) is 0 Å². The molecule has 2 aromatic heterocycles. The minimum atomic E-state index is -0.00398. The normalized spacial score (nSPS) is 28.1. The summed E-state index contributed by atoms with van der Waals surface area (Å²) < 4.78 is 6.41. The first-order chi connectivity index (χ1) is 15.2. The van der Waals surface area contributed by atoms with Gasteiger partial charge in [-0.1, -0.05) is 18.2 Å². The number of nitrogens with zero attached hydrogens (tertiary/aromatic N) is 2. The summed E-state index contributed by atoms with van der Waals surface area (Å²) in [5.41, 5.74) is 1.71. The number of rotatable bonds is 6. The van der Waals surface area contributed by atoms with Gasteiger partial charge in [-0.05, 0) is 49.5 Å². The Morgan fingerprint density at radius 1 is 1.23 bits per heavy atom. The van der Waals surface area contributed by atoms with Crippen molar-refractivity contribution in [1.82, 2.24) is 15.3 Å². The van der Waals surface area contributed by atoms with E-state index >= 15 is 0 Å². The summed E-state index contributed by atoms with van der Waals surface area (Å²) in [7, 11) is 0. The van der Waals surface area contributed by atoms with Crippen LogP contribution in [-0.4, -0.2) is 47.7 Å². The van der Waals surface area contributed by atoms with Gasteiger partial charge in [0, 0.05) is 48.4 Å². The predicted molar refractivity (Wildman–Crippen MR) is 123 cm³/mol. The Balaban J connectivity index is 1.20. The smallest absolute Gasteiger partial charge is 0.253 e. The predicted octanol–water partition coefficient (Wildman–Crippen LogP) is 4.06. The molecule has 7 heteroatoms. The number of thiazole rings is 1. The van der Waals surface area contributed by atoms with E-state index in [-0.39, 0.29) is 18.1 Å². The van der Waals surface area contributed by atoms with E-state index in [2.05, 4.69) is 20.2 Å². The number of hydrogen-bond acceptors (Lipinski definition) is 5. The standard InChI is InChI=1S/C24H28N4O2S/c29-23(19-11-26-20-4-2-1-3-18(19)20)27-21-9-16-12-28(24-25-7-8-31-24)13-17(16)10-22(21)30-14-15-5-6-15/h1-4,7-8,11,15-17,21-22,26H,5-6,9-10,12-14H2,(H,27,29)/t16-,17+,21-,22-/m0/s1. The number of amides is 1. The largest absolute Gasteiger partial charge is 0.376 e. The second-order valence-electron chi connectivity index (χ2n) is 9.35. The van der Waals surface area contributed by atoms with E-state index in [0.717, 1.165) is 60.1 Å². The Morgan fingerprint density at radius 2 is 2.06 bits per heavy atom. The summed E-state index contributed by atoms with van der Waals surface area (Å²) >= 11 is 1.71. The number of aromatic amines is 1. The van der Waals surface area contributed by atoms with Crippen LogP contribution in [0.5, 0.6) is 0 Å². The van der Waals surface area contributed by atoms with Crippen LogP contribution in [0.2, 0.25) is 0 Å². The summed E-state index contributed by atoms with van der Waals surface area (Å²) in [5, 5.41) is 7.49. The van der Waals surface area contributed by atoms with Crippen molar-refractivity contribution < 1.29 is 9.53 Å². The lowest BCUT2D eigenvalue weighted by molar-refractivity contribution is -0.0211. The van der Waals surface area contributed by atoms with Gasteiger partial charge in [0.05, 0.1) is 17.7 Å². The number of hydrogen-bond donors (Lipinski definition) is 2. The van der Waals surface area contributed by atoms with Crippen LogP contribution < -0.4 is 10.2 Å². The van der Waals surface area contributed by atoms with Gasteiger partial charge in [0.2, 0.25) is 0 Å². The van der Waals surface area contributed by atoms with Crippen molar-refractivity contribution in [2.75, 3.05) is 24.6 Å². The van der Waals surface area contributed by atoms with Crippen LogP contribution in [0.1, 0.15) is 36.0 Å². The Labute approximate surface area is 186 Å². The Kier molecular flexibility index (Phi) is 4.95. The molecule has 31 heavy (non-hydrogen) atoms. The average molecular weight is 437 g/mol. The number of H-pyrrole nitrogens is 1. The van der Waals surface area contributed by atoms with Crippen LogP contribution in [0, 0.1) is 17.8 Å². The van der Waals surface area contributed by atoms with E-state index < -0.39 is 0 Å². The van der Waals surface area contributed by atoms with Crippen LogP contribution in [-0.2, 0) is 4.74 Å². The number of benzene rings is 1. The highest BCUT2D eigenvalue weighted by Gasteiger charge is 2.44. The number of anilines is 1. The molecular weight excluding hydrogens is 408 g/mol. The fourth-order valence-corrected chi connectivity index (χ4v) is 5.99. The molecule has 4 atom stereocenters. The highest BCUT2D eigenvalue weighted by molar-refractivity contribution is 7.13. The molecule has 0 spiro atoms. The molecule has 1 aliphatic heterocycles. The Bertz CT molecular complexity index is 1060. The van der Waals surface area contributed by atoms with Gasteiger partial charge in [0.1, 0.15) is 0 Å². The molecule has 6 rings (SSSR count). The van der Waals surface area contributed by atoms with Crippen LogP contribution in [0.15, 0.2) is 42.0 Å². The maximum absolute atomic E-state index is 13.2. The van der Waals surface area contributed by atoms with Crippen LogP contribution in [0.25, 0.3) is 10.9 Å². The molecule has 1 aromatic carbocycles. The van der Waals surface area contributed by atoms with Crippen molar-refractivity contribution in [3.05, 3.63) is 47.6 Å². The van der Waals surface area contributed by atoms with Crippen molar-refractivity contribution in [2.24, 2.45) is 17.8 Å². The minimum absolute atomic E-state index is 0.00398. The second-order valence-corrected chi connectivity index (χ2v) is 10.2. The number of aromatic nitrogens is 2. The second kappa shape index (κ2) is 7.95. The summed E-state index contributed by atoms with van der Waals surface area (Å²) in [4.78, 5) is 23.4. The number of nitrogens with one attached hydrogen (secondary N) is 2. The topological polar surface area (TPSA) is 70.2 Å². The van der Waals surface area contributed by atoms with E-state index in [9.17, 15) is 4.79 Å². The van der Waals surface area contributed by atoms with E-state index in [1.165, 1.54) is 12.8 Å². The zero-order valence-corrected chi connectivity index (χ0v) is 18.3. The molecule has 162 valence electrons. The molecule has 0 unspecified atom stereocenters. The van der Waals surface area contributed by atoms with Gasteiger partial charge < -0.3 is 19.9 Å². The number of fused-ring (bicyclic) bond motifs is 2. The fraction of sp³-hybridized carbons (Fsp3) is 0.500. The van der Waals surface area contributed by atoms with Gasteiger partial charge in [-0.2, -0.15) is 0 Å². The molecule has 2 saturated carbocycles. The maximum atomic E-state index is 13.2. The molecule has 3 aromatic rings. The Hall–Kier alpha value is -2.38. The summed E-state index contributed by atoms with van der Waals surface area (Å²) in [5.74, 6) is 1.89. The highest BCUT2D eigenvalue weighted by atomic mass is 32.1. The molecular formula is C24H28N4O2S. The van der Waals surface area contributed by atoms with Gasteiger partial charge in [0.25, 0.3) is 5.91 Å². The lowest BCUT2D eigenvalue weighted by Crippen LogP contribution is -2.50. The summed E-state index contributed by atoms with van der Waals surface area (Å²) in [6.07, 6.45) is 8.34. The lowest BCUT2D eigenvalue weighted by Gasteiger charge is -2.38. The van der Waals surface area contributed by atoms with E-state index in [4.69, 9.17) is 4.74 Å². The number of para-hydroxylation sites is 1. The van der Waals surface area contributed by atoms with Gasteiger partial charge in [-0.3, -0.25) is 4.79 Å². The zero-order valence-electron chi connectivity index (χ0n) is 17.5. The zero-order chi connectivity index (χ0) is 20.8. The van der Waals surface area contributed by atoms with E-state index in [1.807, 2.05) is 42.0 Å². The maximum Gasteiger partial charge on any atom is 0.253 e. The quantitative estimate of drug-likeness (QED) is 0.611. The van der Waals surface area contributed by atoms with Crippen LogP contribution >= 0.6 is 11.3 Å². The first kappa shape index (κ1) is 19.3. The molecule has 3 aliphatic rings. The lowest BCUT2D eigenvalue weighted by atomic mass is 9.77. The molecule has 1 saturated heterocycles. The molecule has 0 bridgehead atoms. The van der Waals surface area contributed by atoms with Crippen LogP contribution in [0.4, 0.5) is 5.13 Å². The van der Waals surface area contributed by atoms with Gasteiger partial charge in [-0.25, -0.2) is 4.98 Å². The van der Waals surface area contributed by atoms with Crippen molar-refractivity contribution in [1.29, 1.82) is 0 Å². The highest BCUT2D eigenvalue weighted by Crippen LogP contribution is 2.40. The number of carbonyl (C=O) groups excluding carboxylic acids is 1. The minimum Gasteiger partial charge on any atom is -0.376 e. The molecule has 1 amide bonds. The average Bonchev–Trinajstić information content (AvgIpc) is 3.18. The molecule has 6 nitrogen and oxygen atoms in total. The van der Waals surface area contributed by atoms with Gasteiger partial charge in [0.15, 0.2) is 5.13 Å². The van der Waals surface area contributed by atoms with E-state index in [1.54, 1.807) is 11.3 Å². The van der Waals surface area contributed by atoms with E-state index in [0.29, 0.717) is 11.8 Å². The number of carbonyl (C=O) groups is 1. The third kappa shape index (κ3) is 3.85. The Morgan fingerprint density at radius 3 is 2.87 bits per heavy atom. The third-order valence-electron chi connectivity index (χ3n) is 7.20. The first-order valence-corrected chi connectivity index (χ1v) is 12.3. The van der Waals surface area contributed by atoms with Crippen LogP contribution in [0.3, 0.4) is 0 Å². The fourth-order valence-electron chi connectivity index (χ4n) is 5.33. The first-order valence-electron chi connectivity index (χ1n) is 11.4. The third-order valence-corrected chi connectivity index (χ3v) is 8.03. The molecule has 0 radical (unpaired) electrons. The number of ether oxygens (including phenoxy) is 1. The molecule has 3 heterocycles. The summed E-state index contributed by atoms with van der Waals surface area (Å²) in [6, 6.07) is 8.02.